The van der Waals surface area contributed by atoms with Crippen LogP contribution in [0.15, 0.2) is 24.3 Å². The van der Waals surface area contributed by atoms with E-state index in [2.05, 4.69) is 72.7 Å². The van der Waals surface area contributed by atoms with Crippen LogP contribution in [0.25, 0.3) is 0 Å². The maximum absolute atomic E-state index is 6.83. The van der Waals surface area contributed by atoms with Crippen LogP contribution in [-0.4, -0.2) is 0 Å². The molecule has 0 radical (unpaired) electrons. The predicted molar refractivity (Wildman–Crippen MR) is 97.6 cm³/mol. The molecule has 1 atom stereocenters. The molecule has 1 aromatic carbocycles. The molecule has 0 aliphatic carbocycles. The van der Waals surface area contributed by atoms with Crippen LogP contribution in [0.4, 0.5) is 0 Å². The largest absolute Gasteiger partial charge is 0.321 e. The van der Waals surface area contributed by atoms with Gasteiger partial charge in [-0.05, 0) is 35.3 Å². The molecule has 0 amide bonds. The standard InChI is InChI=1S/C20H36N2/c1-8-12-19(21,14(2)3)17-10-9-11-18(13-17)20(22,15(4)5)16(6)7/h9-11,13-16H,8,12,21-22H2,1-7H3. The molecule has 0 aliphatic heterocycles. The van der Waals surface area contributed by atoms with E-state index < -0.39 is 0 Å². The first-order valence-electron chi connectivity index (χ1n) is 8.79. The number of hydrogen-bond donors (Lipinski definition) is 2. The quantitative estimate of drug-likeness (QED) is 0.763. The average molecular weight is 305 g/mol. The average Bonchev–Trinajstić information content (AvgIpc) is 2.45. The lowest BCUT2D eigenvalue weighted by molar-refractivity contribution is 0.225. The minimum Gasteiger partial charge on any atom is -0.321 e. The number of nitrogens with two attached hydrogens (primary N) is 2. The van der Waals surface area contributed by atoms with Gasteiger partial charge >= 0.3 is 0 Å². The van der Waals surface area contributed by atoms with E-state index in [1.165, 1.54) is 11.1 Å². The minimum absolute atomic E-state index is 0.278. The third kappa shape index (κ3) is 3.38. The zero-order valence-corrected chi connectivity index (χ0v) is 15.6. The number of benzene rings is 1. The van der Waals surface area contributed by atoms with Crippen LogP contribution >= 0.6 is 0 Å². The number of rotatable bonds is 7. The lowest BCUT2D eigenvalue weighted by Gasteiger charge is -2.40. The summed E-state index contributed by atoms with van der Waals surface area (Å²) in [5, 5.41) is 0. The van der Waals surface area contributed by atoms with E-state index in [-0.39, 0.29) is 11.1 Å². The molecule has 0 saturated heterocycles. The van der Waals surface area contributed by atoms with Gasteiger partial charge in [-0.15, -0.1) is 0 Å². The number of hydrogen-bond acceptors (Lipinski definition) is 2. The van der Waals surface area contributed by atoms with Gasteiger partial charge < -0.3 is 11.5 Å². The van der Waals surface area contributed by atoms with Crippen molar-refractivity contribution in [3.05, 3.63) is 35.4 Å². The van der Waals surface area contributed by atoms with Gasteiger partial charge in [-0.1, -0.05) is 79.2 Å². The predicted octanol–water partition coefficient (Wildman–Crippen LogP) is 4.76. The van der Waals surface area contributed by atoms with E-state index in [4.69, 9.17) is 11.5 Å². The fourth-order valence-corrected chi connectivity index (χ4v) is 3.59. The molecule has 0 fully saturated rings. The molecule has 126 valence electrons. The monoisotopic (exact) mass is 304 g/mol. The molecule has 0 bridgehead atoms. The highest BCUT2D eigenvalue weighted by molar-refractivity contribution is 5.35. The maximum atomic E-state index is 6.83. The molecule has 0 aromatic heterocycles. The van der Waals surface area contributed by atoms with E-state index in [1.807, 2.05) is 0 Å². The lowest BCUT2D eigenvalue weighted by atomic mass is 9.70. The van der Waals surface area contributed by atoms with Gasteiger partial charge in [0.15, 0.2) is 0 Å². The third-order valence-electron chi connectivity index (χ3n) is 5.50. The second kappa shape index (κ2) is 7.14. The normalized spacial score (nSPS) is 15.6. The van der Waals surface area contributed by atoms with E-state index >= 15 is 0 Å². The summed E-state index contributed by atoms with van der Waals surface area (Å²) in [5.41, 5.74) is 15.5. The van der Waals surface area contributed by atoms with Crippen molar-refractivity contribution in [1.29, 1.82) is 0 Å². The molecular weight excluding hydrogens is 268 g/mol. The second-order valence-electron chi connectivity index (χ2n) is 7.77. The third-order valence-corrected chi connectivity index (χ3v) is 5.50. The highest BCUT2D eigenvalue weighted by Gasteiger charge is 2.36. The molecule has 22 heavy (non-hydrogen) atoms. The van der Waals surface area contributed by atoms with Gasteiger partial charge in [-0.2, -0.15) is 0 Å². The van der Waals surface area contributed by atoms with Gasteiger partial charge in [0.2, 0.25) is 0 Å². The fourth-order valence-electron chi connectivity index (χ4n) is 3.59. The minimum atomic E-state index is -0.319. The van der Waals surface area contributed by atoms with Crippen LogP contribution in [0.3, 0.4) is 0 Å². The smallest absolute Gasteiger partial charge is 0.0456 e. The summed E-state index contributed by atoms with van der Waals surface area (Å²) in [4.78, 5) is 0. The van der Waals surface area contributed by atoms with Gasteiger partial charge in [0.1, 0.15) is 0 Å². The van der Waals surface area contributed by atoms with Crippen molar-refractivity contribution in [2.45, 2.75) is 72.4 Å². The van der Waals surface area contributed by atoms with E-state index in [0.717, 1.165) is 12.8 Å². The van der Waals surface area contributed by atoms with Crippen LogP contribution in [0.1, 0.15) is 72.4 Å². The summed E-state index contributed by atoms with van der Waals surface area (Å²) in [7, 11) is 0. The Kier molecular flexibility index (Phi) is 6.23. The first-order chi connectivity index (χ1) is 10.1. The second-order valence-corrected chi connectivity index (χ2v) is 7.77. The van der Waals surface area contributed by atoms with Crippen molar-refractivity contribution < 1.29 is 0 Å². The van der Waals surface area contributed by atoms with Gasteiger partial charge in [-0.25, -0.2) is 0 Å². The Morgan fingerprint density at radius 1 is 0.864 bits per heavy atom. The Hall–Kier alpha value is -0.860. The van der Waals surface area contributed by atoms with E-state index in [0.29, 0.717) is 17.8 Å². The molecule has 0 aliphatic rings. The van der Waals surface area contributed by atoms with Crippen molar-refractivity contribution in [1.82, 2.24) is 0 Å². The molecule has 0 heterocycles. The lowest BCUT2D eigenvalue weighted by Crippen LogP contribution is -2.47. The Balaban J connectivity index is 3.40. The van der Waals surface area contributed by atoms with Gasteiger partial charge in [-0.3, -0.25) is 0 Å². The van der Waals surface area contributed by atoms with Crippen molar-refractivity contribution in [3.63, 3.8) is 0 Å². The van der Waals surface area contributed by atoms with Crippen LogP contribution in [-0.2, 0) is 11.1 Å². The summed E-state index contributed by atoms with van der Waals surface area (Å²) in [5.74, 6) is 1.15. The van der Waals surface area contributed by atoms with Crippen molar-refractivity contribution in [3.8, 4) is 0 Å². The topological polar surface area (TPSA) is 52.0 Å². The SMILES string of the molecule is CCCC(N)(c1cccc(C(N)(C(C)C)C(C)C)c1)C(C)C. The molecule has 1 aromatic rings. The Morgan fingerprint density at radius 2 is 1.36 bits per heavy atom. The molecule has 0 spiro atoms. The first kappa shape index (κ1) is 19.2. The molecular formula is C20H36N2. The Labute approximate surface area is 137 Å². The highest BCUT2D eigenvalue weighted by atomic mass is 14.8. The molecule has 2 nitrogen and oxygen atoms in total. The van der Waals surface area contributed by atoms with Crippen LogP contribution < -0.4 is 11.5 Å². The van der Waals surface area contributed by atoms with Crippen LogP contribution in [0.2, 0.25) is 0 Å². The van der Waals surface area contributed by atoms with E-state index in [1.54, 1.807) is 0 Å². The van der Waals surface area contributed by atoms with Crippen molar-refractivity contribution >= 4 is 0 Å². The zero-order chi connectivity index (χ0) is 17.1. The molecule has 1 rings (SSSR count). The van der Waals surface area contributed by atoms with E-state index in [9.17, 15) is 0 Å². The molecule has 0 saturated carbocycles. The summed E-state index contributed by atoms with van der Waals surface area (Å²) in [6, 6.07) is 8.71. The van der Waals surface area contributed by atoms with Crippen molar-refractivity contribution in [2.75, 3.05) is 0 Å². The summed E-state index contributed by atoms with van der Waals surface area (Å²) in [6.07, 6.45) is 2.08. The summed E-state index contributed by atoms with van der Waals surface area (Å²) < 4.78 is 0. The molecule has 4 N–H and O–H groups in total. The Bertz CT molecular complexity index is 468. The van der Waals surface area contributed by atoms with Crippen molar-refractivity contribution in [2.24, 2.45) is 29.2 Å². The van der Waals surface area contributed by atoms with Gasteiger partial charge in [0, 0.05) is 11.1 Å². The Morgan fingerprint density at radius 3 is 1.77 bits per heavy atom. The molecule has 1 unspecified atom stereocenters. The molecule has 2 heteroatoms. The van der Waals surface area contributed by atoms with Gasteiger partial charge in [0.25, 0.3) is 0 Å². The fraction of sp³-hybridized carbons (Fsp3) is 0.700. The summed E-state index contributed by atoms with van der Waals surface area (Å²) in [6.45, 7) is 15.4. The highest BCUT2D eigenvalue weighted by Crippen LogP contribution is 2.38. The summed E-state index contributed by atoms with van der Waals surface area (Å²) >= 11 is 0. The first-order valence-corrected chi connectivity index (χ1v) is 8.79. The van der Waals surface area contributed by atoms with Gasteiger partial charge in [0.05, 0.1) is 0 Å². The van der Waals surface area contributed by atoms with Crippen LogP contribution in [0, 0.1) is 17.8 Å². The van der Waals surface area contributed by atoms with Crippen LogP contribution in [0.5, 0.6) is 0 Å². The zero-order valence-electron chi connectivity index (χ0n) is 15.6. The maximum Gasteiger partial charge on any atom is 0.0456 e.